The van der Waals surface area contributed by atoms with Crippen LogP contribution in [0.15, 0.2) is 18.2 Å². The zero-order valence-electron chi connectivity index (χ0n) is 13.8. The first-order valence-electron chi connectivity index (χ1n) is 8.43. The van der Waals surface area contributed by atoms with E-state index in [1.54, 1.807) is 0 Å². The normalized spacial score (nSPS) is 17.2. The molecule has 0 bridgehead atoms. The van der Waals surface area contributed by atoms with Gasteiger partial charge in [0.25, 0.3) is 5.91 Å². The van der Waals surface area contributed by atoms with Gasteiger partial charge in [-0.3, -0.25) is 9.89 Å². The highest BCUT2D eigenvalue weighted by atomic mass is 35.5. The highest BCUT2D eigenvalue weighted by Crippen LogP contribution is 2.34. The fraction of sp³-hybridized carbons (Fsp3) is 0.412. The van der Waals surface area contributed by atoms with Crippen LogP contribution in [-0.2, 0) is 17.7 Å². The molecule has 0 radical (unpaired) electrons. The van der Waals surface area contributed by atoms with Crippen molar-refractivity contribution in [3.63, 3.8) is 0 Å². The van der Waals surface area contributed by atoms with Crippen molar-refractivity contribution in [2.24, 2.45) is 0 Å². The Balaban J connectivity index is 1.61. The lowest BCUT2D eigenvalue weighted by Crippen LogP contribution is -2.37. The summed E-state index contributed by atoms with van der Waals surface area (Å²) in [4.78, 5) is 14.9. The molecule has 7 nitrogen and oxygen atoms in total. The third-order valence-electron chi connectivity index (χ3n) is 4.58. The van der Waals surface area contributed by atoms with Gasteiger partial charge in [0.2, 0.25) is 0 Å². The number of rotatable bonds is 3. The zero-order chi connectivity index (χ0) is 17.2. The van der Waals surface area contributed by atoms with Gasteiger partial charge in [-0.25, -0.2) is 0 Å². The number of nitrogens with zero attached hydrogens (tertiary/aromatic N) is 2. The van der Waals surface area contributed by atoms with Crippen LogP contribution in [0.2, 0.25) is 5.02 Å². The van der Waals surface area contributed by atoms with E-state index in [0.717, 1.165) is 43.0 Å². The fourth-order valence-corrected chi connectivity index (χ4v) is 3.61. The Morgan fingerprint density at radius 2 is 2.16 bits per heavy atom. The average Bonchev–Trinajstić information content (AvgIpc) is 3.07. The van der Waals surface area contributed by atoms with Crippen molar-refractivity contribution >= 4 is 28.9 Å². The quantitative estimate of drug-likeness (QED) is 0.776. The molecule has 2 aliphatic heterocycles. The van der Waals surface area contributed by atoms with E-state index in [0.29, 0.717) is 36.2 Å². The number of hydrogen-bond acceptors (Lipinski definition) is 5. The van der Waals surface area contributed by atoms with E-state index in [1.807, 2.05) is 18.2 Å². The zero-order valence-corrected chi connectivity index (χ0v) is 14.5. The van der Waals surface area contributed by atoms with Crippen molar-refractivity contribution in [3.8, 4) is 0 Å². The number of carbonyl (C=O) groups is 1. The van der Waals surface area contributed by atoms with Gasteiger partial charge in [0.1, 0.15) is 0 Å². The smallest absolute Gasteiger partial charge is 0.276 e. The monoisotopic (exact) mass is 361 g/mol. The van der Waals surface area contributed by atoms with Crippen LogP contribution in [-0.4, -0.2) is 49.0 Å². The van der Waals surface area contributed by atoms with E-state index in [4.69, 9.17) is 16.3 Å². The Morgan fingerprint density at radius 1 is 1.32 bits per heavy atom. The van der Waals surface area contributed by atoms with Crippen LogP contribution >= 0.6 is 11.6 Å². The number of amides is 1. The Hall–Kier alpha value is -2.09. The lowest BCUT2D eigenvalue weighted by atomic mass is 10.1. The first-order chi connectivity index (χ1) is 12.2. The predicted molar refractivity (Wildman–Crippen MR) is 96.4 cm³/mol. The molecule has 1 aromatic carbocycles. The van der Waals surface area contributed by atoms with Gasteiger partial charge in [-0.15, -0.1) is 0 Å². The van der Waals surface area contributed by atoms with Crippen molar-refractivity contribution in [1.29, 1.82) is 0 Å². The van der Waals surface area contributed by atoms with Crippen LogP contribution in [0.5, 0.6) is 0 Å². The molecular weight excluding hydrogens is 342 g/mol. The minimum Gasteiger partial charge on any atom is -0.378 e. The number of aromatic amines is 1. The van der Waals surface area contributed by atoms with Crippen molar-refractivity contribution in [1.82, 2.24) is 15.5 Å². The van der Waals surface area contributed by atoms with Gasteiger partial charge >= 0.3 is 0 Å². The second kappa shape index (κ2) is 7.03. The molecule has 132 valence electrons. The number of fused-ring (bicyclic) bond motifs is 1. The van der Waals surface area contributed by atoms with Crippen molar-refractivity contribution in [3.05, 3.63) is 40.2 Å². The third kappa shape index (κ3) is 3.22. The van der Waals surface area contributed by atoms with E-state index in [1.165, 1.54) is 0 Å². The molecule has 25 heavy (non-hydrogen) atoms. The number of anilines is 2. The maximum absolute atomic E-state index is 12.8. The van der Waals surface area contributed by atoms with Crippen LogP contribution in [0, 0.1) is 0 Å². The Bertz CT molecular complexity index is 785. The summed E-state index contributed by atoms with van der Waals surface area (Å²) in [5.74, 6) is -0.224. The fourth-order valence-electron chi connectivity index (χ4n) is 3.32. The summed E-state index contributed by atoms with van der Waals surface area (Å²) >= 11 is 6.42. The summed E-state index contributed by atoms with van der Waals surface area (Å²) in [6, 6.07) is 5.54. The van der Waals surface area contributed by atoms with E-state index in [9.17, 15) is 4.79 Å². The van der Waals surface area contributed by atoms with Gasteiger partial charge in [-0.2, -0.15) is 5.10 Å². The first kappa shape index (κ1) is 16.4. The number of hydrogen-bond donors (Lipinski definition) is 3. The number of para-hydroxylation sites is 1. The van der Waals surface area contributed by atoms with Crippen LogP contribution in [0.1, 0.15) is 21.7 Å². The Kier molecular flexibility index (Phi) is 4.61. The number of aromatic nitrogens is 2. The van der Waals surface area contributed by atoms with Crippen LogP contribution in [0.4, 0.5) is 11.4 Å². The van der Waals surface area contributed by atoms with Gasteiger partial charge in [0.15, 0.2) is 5.69 Å². The molecule has 4 rings (SSSR count). The number of halogens is 1. The second-order valence-corrected chi connectivity index (χ2v) is 6.55. The van der Waals surface area contributed by atoms with Crippen molar-refractivity contribution < 1.29 is 9.53 Å². The summed E-state index contributed by atoms with van der Waals surface area (Å²) in [6.07, 6.45) is 0.853. The maximum Gasteiger partial charge on any atom is 0.276 e. The van der Waals surface area contributed by atoms with Gasteiger partial charge in [0.05, 0.1) is 29.6 Å². The molecule has 1 aromatic heterocycles. The third-order valence-corrected chi connectivity index (χ3v) is 4.89. The van der Waals surface area contributed by atoms with Gasteiger partial charge in [-0.05, 0) is 12.1 Å². The number of nitrogens with one attached hydrogen (secondary N) is 3. The number of carbonyl (C=O) groups excluding carboxylic acids is 1. The molecule has 2 aliphatic rings. The highest BCUT2D eigenvalue weighted by Gasteiger charge is 2.24. The summed E-state index contributed by atoms with van der Waals surface area (Å²) in [6.45, 7) is 4.34. The standard InChI is InChI=1S/C17H20ClN5O2/c18-12-2-1-3-14(16(12)23-6-8-25-9-7-23)20-17(24)15-11-10-19-5-4-13(11)21-22-15/h1-3,19H,4-10H2,(H,20,24)(H,21,22). The van der Waals surface area contributed by atoms with E-state index >= 15 is 0 Å². The summed E-state index contributed by atoms with van der Waals surface area (Å²) in [7, 11) is 0. The lowest BCUT2D eigenvalue weighted by molar-refractivity contribution is 0.102. The number of H-pyrrole nitrogens is 1. The molecule has 0 aliphatic carbocycles. The topological polar surface area (TPSA) is 82.3 Å². The number of ether oxygens (including phenoxy) is 1. The van der Waals surface area contributed by atoms with Crippen LogP contribution in [0.3, 0.4) is 0 Å². The number of morpholine rings is 1. The molecule has 3 heterocycles. The molecule has 3 N–H and O–H groups in total. The molecule has 1 amide bonds. The predicted octanol–water partition coefficient (Wildman–Crippen LogP) is 1.80. The summed E-state index contributed by atoms with van der Waals surface area (Å²) < 4.78 is 5.41. The van der Waals surface area contributed by atoms with Crippen LogP contribution in [0.25, 0.3) is 0 Å². The molecule has 0 saturated carbocycles. The van der Waals surface area contributed by atoms with Gasteiger partial charge in [0, 0.05) is 43.9 Å². The van der Waals surface area contributed by atoms with Crippen molar-refractivity contribution in [2.45, 2.75) is 13.0 Å². The largest absolute Gasteiger partial charge is 0.378 e. The Morgan fingerprint density at radius 3 is 3.00 bits per heavy atom. The molecule has 8 heteroatoms. The SMILES string of the molecule is O=C(Nc1cccc(Cl)c1N1CCOCC1)c1n[nH]c2c1CNCC2. The van der Waals surface area contributed by atoms with E-state index in [-0.39, 0.29) is 5.91 Å². The molecule has 1 saturated heterocycles. The molecule has 2 aromatic rings. The van der Waals surface area contributed by atoms with Crippen molar-refractivity contribution in [2.75, 3.05) is 43.1 Å². The minimum absolute atomic E-state index is 0.224. The number of benzene rings is 1. The highest BCUT2D eigenvalue weighted by molar-refractivity contribution is 6.34. The Labute approximate surface area is 150 Å². The van der Waals surface area contributed by atoms with Crippen LogP contribution < -0.4 is 15.5 Å². The molecule has 1 fully saturated rings. The molecule has 0 unspecified atom stereocenters. The lowest BCUT2D eigenvalue weighted by Gasteiger charge is -2.31. The van der Waals surface area contributed by atoms with Gasteiger partial charge < -0.3 is 20.3 Å². The molecular formula is C17H20ClN5O2. The summed E-state index contributed by atoms with van der Waals surface area (Å²) in [5.41, 5.74) is 3.94. The van der Waals surface area contributed by atoms with E-state index in [2.05, 4.69) is 25.7 Å². The van der Waals surface area contributed by atoms with E-state index < -0.39 is 0 Å². The minimum atomic E-state index is -0.224. The molecule has 0 atom stereocenters. The maximum atomic E-state index is 12.8. The molecule has 0 spiro atoms. The first-order valence-corrected chi connectivity index (χ1v) is 8.81. The van der Waals surface area contributed by atoms with Gasteiger partial charge in [-0.1, -0.05) is 17.7 Å². The second-order valence-electron chi connectivity index (χ2n) is 6.15. The average molecular weight is 362 g/mol. The summed E-state index contributed by atoms with van der Waals surface area (Å²) in [5, 5.41) is 14.1.